The van der Waals surface area contributed by atoms with Gasteiger partial charge in [-0.05, 0) is 48.4 Å². The Hall–Kier alpha value is -2.53. The van der Waals surface area contributed by atoms with Gasteiger partial charge in [0.2, 0.25) is 5.91 Å². The predicted octanol–water partition coefficient (Wildman–Crippen LogP) is 2.95. The summed E-state index contributed by atoms with van der Waals surface area (Å²) in [7, 11) is 1.62. The van der Waals surface area contributed by atoms with Crippen molar-refractivity contribution in [3.05, 3.63) is 54.1 Å². The number of ether oxygens (including phenoxy) is 2. The average molecular weight is 314 g/mol. The molecule has 2 aromatic rings. The van der Waals surface area contributed by atoms with Crippen LogP contribution in [0, 0.1) is 0 Å². The Labute approximate surface area is 136 Å². The van der Waals surface area contributed by atoms with Gasteiger partial charge in [-0.15, -0.1) is 0 Å². The van der Waals surface area contributed by atoms with Crippen molar-refractivity contribution in [2.45, 2.75) is 19.4 Å². The zero-order chi connectivity index (χ0) is 16.5. The summed E-state index contributed by atoms with van der Waals surface area (Å²) in [6.45, 7) is 0.989. The molecule has 0 radical (unpaired) electrons. The van der Waals surface area contributed by atoms with Crippen LogP contribution in [0.1, 0.15) is 18.4 Å². The molecule has 23 heavy (non-hydrogen) atoms. The molecule has 0 bridgehead atoms. The monoisotopic (exact) mass is 314 g/mol. The highest BCUT2D eigenvalue weighted by atomic mass is 16.5. The van der Waals surface area contributed by atoms with Crippen LogP contribution in [0.2, 0.25) is 0 Å². The molecule has 0 aliphatic carbocycles. The Bertz CT molecular complexity index is 609. The quantitative estimate of drug-likeness (QED) is 0.735. The first-order chi connectivity index (χ1) is 11.2. The first-order valence-electron chi connectivity index (χ1n) is 7.57. The summed E-state index contributed by atoms with van der Waals surface area (Å²) >= 11 is 0. The van der Waals surface area contributed by atoms with Gasteiger partial charge in [0, 0.05) is 18.7 Å². The number of hydrogen-bond acceptors (Lipinski definition) is 4. The van der Waals surface area contributed by atoms with E-state index < -0.39 is 0 Å². The van der Waals surface area contributed by atoms with E-state index in [2.05, 4.69) is 5.32 Å². The second-order valence-electron chi connectivity index (χ2n) is 5.08. The van der Waals surface area contributed by atoms with Crippen molar-refractivity contribution in [3.8, 4) is 11.5 Å². The molecule has 1 amide bonds. The molecule has 3 N–H and O–H groups in total. The first kappa shape index (κ1) is 16.8. The fraction of sp³-hybridized carbons (Fsp3) is 0.278. The molecule has 0 unspecified atom stereocenters. The lowest BCUT2D eigenvalue weighted by atomic mass is 10.2. The zero-order valence-corrected chi connectivity index (χ0v) is 13.2. The van der Waals surface area contributed by atoms with Gasteiger partial charge in [-0.25, -0.2) is 0 Å². The molecule has 0 saturated heterocycles. The van der Waals surface area contributed by atoms with Gasteiger partial charge < -0.3 is 20.5 Å². The standard InChI is InChI=1S/C18H22N2O3/c1-22-16-8-10-17(11-9-16)23-12-2-3-18(21)20-15-6-4-14(13-19)5-7-15/h4-11H,2-3,12-13,19H2,1H3,(H,20,21). The average Bonchev–Trinajstić information content (AvgIpc) is 2.60. The largest absolute Gasteiger partial charge is 0.497 e. The third-order valence-corrected chi connectivity index (χ3v) is 3.35. The second-order valence-corrected chi connectivity index (χ2v) is 5.08. The second kappa shape index (κ2) is 8.80. The Kier molecular flexibility index (Phi) is 6.44. The lowest BCUT2D eigenvalue weighted by Gasteiger charge is -2.08. The van der Waals surface area contributed by atoms with Gasteiger partial charge in [0.1, 0.15) is 11.5 Å². The molecule has 2 rings (SSSR count). The molecular weight excluding hydrogens is 292 g/mol. The van der Waals surface area contributed by atoms with Gasteiger partial charge in [0.15, 0.2) is 0 Å². The highest BCUT2D eigenvalue weighted by Crippen LogP contribution is 2.17. The van der Waals surface area contributed by atoms with Crippen molar-refractivity contribution in [2.24, 2.45) is 5.73 Å². The molecule has 0 fully saturated rings. The van der Waals surface area contributed by atoms with Crippen LogP contribution in [0.3, 0.4) is 0 Å². The van der Waals surface area contributed by atoms with Crippen LogP contribution in [-0.4, -0.2) is 19.6 Å². The maximum atomic E-state index is 11.9. The minimum atomic E-state index is -0.0242. The van der Waals surface area contributed by atoms with Crippen molar-refractivity contribution in [1.82, 2.24) is 0 Å². The van der Waals surface area contributed by atoms with Crippen LogP contribution in [0.25, 0.3) is 0 Å². The van der Waals surface area contributed by atoms with Crippen LogP contribution in [0.4, 0.5) is 5.69 Å². The third-order valence-electron chi connectivity index (χ3n) is 3.35. The predicted molar refractivity (Wildman–Crippen MR) is 90.7 cm³/mol. The summed E-state index contributed by atoms with van der Waals surface area (Å²) in [5.74, 6) is 1.53. The topological polar surface area (TPSA) is 73.6 Å². The smallest absolute Gasteiger partial charge is 0.224 e. The molecule has 122 valence electrons. The van der Waals surface area contributed by atoms with Crippen LogP contribution in [-0.2, 0) is 11.3 Å². The number of anilines is 1. The van der Waals surface area contributed by atoms with Gasteiger partial charge in [0.05, 0.1) is 13.7 Å². The summed E-state index contributed by atoms with van der Waals surface area (Å²) in [5.41, 5.74) is 7.36. The van der Waals surface area contributed by atoms with Gasteiger partial charge in [-0.2, -0.15) is 0 Å². The van der Waals surface area contributed by atoms with Crippen molar-refractivity contribution < 1.29 is 14.3 Å². The van der Waals surface area contributed by atoms with Crippen LogP contribution in [0.5, 0.6) is 11.5 Å². The molecule has 0 heterocycles. The molecule has 0 saturated carbocycles. The highest BCUT2D eigenvalue weighted by Gasteiger charge is 2.03. The number of rotatable bonds is 8. The van der Waals surface area contributed by atoms with E-state index in [1.54, 1.807) is 7.11 Å². The van der Waals surface area contributed by atoms with Crippen molar-refractivity contribution >= 4 is 11.6 Å². The van der Waals surface area contributed by atoms with Crippen molar-refractivity contribution in [2.75, 3.05) is 19.0 Å². The number of benzene rings is 2. The van der Waals surface area contributed by atoms with Crippen molar-refractivity contribution in [3.63, 3.8) is 0 Å². The van der Waals surface area contributed by atoms with Gasteiger partial charge in [-0.3, -0.25) is 4.79 Å². The molecule has 2 aromatic carbocycles. The Balaban J connectivity index is 1.67. The molecule has 0 atom stereocenters. The number of carbonyl (C=O) groups is 1. The normalized spacial score (nSPS) is 10.2. The van der Waals surface area contributed by atoms with Crippen LogP contribution >= 0.6 is 0 Å². The Morgan fingerprint density at radius 3 is 2.30 bits per heavy atom. The fourth-order valence-electron chi connectivity index (χ4n) is 2.04. The summed E-state index contributed by atoms with van der Waals surface area (Å²) in [5, 5.41) is 2.86. The van der Waals surface area contributed by atoms with Gasteiger partial charge in [-0.1, -0.05) is 12.1 Å². The number of carbonyl (C=O) groups excluding carboxylic acids is 1. The van der Waals surface area contributed by atoms with Gasteiger partial charge >= 0.3 is 0 Å². The van der Waals surface area contributed by atoms with E-state index in [1.807, 2.05) is 48.5 Å². The van der Waals surface area contributed by atoms with Crippen LogP contribution < -0.4 is 20.5 Å². The molecule has 5 nitrogen and oxygen atoms in total. The Morgan fingerprint density at radius 1 is 1.04 bits per heavy atom. The maximum Gasteiger partial charge on any atom is 0.224 e. The first-order valence-corrected chi connectivity index (χ1v) is 7.57. The van der Waals surface area contributed by atoms with E-state index in [4.69, 9.17) is 15.2 Å². The Morgan fingerprint density at radius 2 is 1.70 bits per heavy atom. The van der Waals surface area contributed by atoms with E-state index in [0.717, 1.165) is 22.7 Å². The number of nitrogens with two attached hydrogens (primary N) is 1. The van der Waals surface area contributed by atoms with E-state index >= 15 is 0 Å². The molecule has 5 heteroatoms. The summed E-state index contributed by atoms with van der Waals surface area (Å²) < 4.78 is 10.7. The van der Waals surface area contributed by atoms with E-state index in [0.29, 0.717) is 26.0 Å². The minimum absolute atomic E-state index is 0.0242. The minimum Gasteiger partial charge on any atom is -0.497 e. The number of methoxy groups -OCH3 is 1. The molecular formula is C18H22N2O3. The fourth-order valence-corrected chi connectivity index (χ4v) is 2.04. The maximum absolute atomic E-state index is 11.9. The van der Waals surface area contributed by atoms with E-state index in [9.17, 15) is 4.79 Å². The van der Waals surface area contributed by atoms with E-state index in [1.165, 1.54) is 0 Å². The summed E-state index contributed by atoms with van der Waals surface area (Å²) in [6, 6.07) is 14.9. The third kappa shape index (κ3) is 5.64. The molecule has 0 aliphatic heterocycles. The number of amides is 1. The number of nitrogens with one attached hydrogen (secondary N) is 1. The van der Waals surface area contributed by atoms with Gasteiger partial charge in [0.25, 0.3) is 0 Å². The molecule has 0 spiro atoms. The number of hydrogen-bond donors (Lipinski definition) is 2. The lowest BCUT2D eigenvalue weighted by molar-refractivity contribution is -0.116. The highest BCUT2D eigenvalue weighted by molar-refractivity contribution is 5.90. The van der Waals surface area contributed by atoms with Crippen molar-refractivity contribution in [1.29, 1.82) is 0 Å². The summed E-state index contributed by atoms with van der Waals surface area (Å²) in [4.78, 5) is 11.9. The van der Waals surface area contributed by atoms with Crippen LogP contribution in [0.15, 0.2) is 48.5 Å². The lowest BCUT2D eigenvalue weighted by Crippen LogP contribution is -2.12. The molecule has 0 aliphatic rings. The van der Waals surface area contributed by atoms with E-state index in [-0.39, 0.29) is 5.91 Å². The summed E-state index contributed by atoms with van der Waals surface area (Å²) in [6.07, 6.45) is 1.06. The SMILES string of the molecule is COc1ccc(OCCCC(=O)Nc2ccc(CN)cc2)cc1. The zero-order valence-electron chi connectivity index (χ0n) is 13.2. The molecule has 0 aromatic heterocycles.